The van der Waals surface area contributed by atoms with E-state index in [1.165, 1.54) is 0 Å². The van der Waals surface area contributed by atoms with Gasteiger partial charge in [0.15, 0.2) is 0 Å². The predicted octanol–water partition coefficient (Wildman–Crippen LogP) is 2.43. The second kappa shape index (κ2) is 8.52. The SMILES string of the molecule is Cc1cnc(NCC2CCC(NOC(=O)C(F)(F)F)CC2)nc1N(C)C. The van der Waals surface area contributed by atoms with Gasteiger partial charge in [-0.05, 0) is 38.5 Å². The summed E-state index contributed by atoms with van der Waals surface area (Å²) in [6.45, 7) is 2.63. The van der Waals surface area contributed by atoms with E-state index in [1.807, 2.05) is 25.9 Å². The molecule has 1 aromatic heterocycles. The number of carbonyl (C=O) groups is 1. The Hall–Kier alpha value is -2.10. The third kappa shape index (κ3) is 5.72. The molecule has 1 aromatic rings. The molecule has 0 atom stereocenters. The van der Waals surface area contributed by atoms with Crippen molar-refractivity contribution >= 4 is 17.7 Å². The van der Waals surface area contributed by atoms with Crippen LogP contribution in [-0.4, -0.2) is 48.8 Å². The molecule has 2 rings (SSSR count). The molecular weight excluding hydrogens is 351 g/mol. The van der Waals surface area contributed by atoms with Crippen LogP contribution < -0.4 is 15.7 Å². The molecule has 146 valence electrons. The van der Waals surface area contributed by atoms with Gasteiger partial charge >= 0.3 is 12.1 Å². The van der Waals surface area contributed by atoms with Gasteiger partial charge in [-0.2, -0.15) is 18.2 Å². The van der Waals surface area contributed by atoms with Crippen molar-refractivity contribution in [3.8, 4) is 0 Å². The first-order valence-corrected chi connectivity index (χ1v) is 8.45. The molecule has 0 spiro atoms. The number of carbonyl (C=O) groups excluding carboxylic acids is 1. The number of rotatable bonds is 6. The minimum Gasteiger partial charge on any atom is -0.363 e. The maximum absolute atomic E-state index is 12.1. The lowest BCUT2D eigenvalue weighted by atomic mass is 9.86. The Balaban J connectivity index is 1.74. The summed E-state index contributed by atoms with van der Waals surface area (Å²) in [5.74, 6) is -0.450. The lowest BCUT2D eigenvalue weighted by Gasteiger charge is -2.28. The molecule has 1 heterocycles. The van der Waals surface area contributed by atoms with E-state index in [-0.39, 0.29) is 6.04 Å². The highest BCUT2D eigenvalue weighted by Gasteiger charge is 2.41. The van der Waals surface area contributed by atoms with E-state index < -0.39 is 12.1 Å². The van der Waals surface area contributed by atoms with Crippen LogP contribution in [-0.2, 0) is 9.63 Å². The lowest BCUT2D eigenvalue weighted by Crippen LogP contribution is -2.39. The molecule has 0 bridgehead atoms. The van der Waals surface area contributed by atoms with Crippen LogP contribution in [0, 0.1) is 12.8 Å². The van der Waals surface area contributed by atoms with Crippen LogP contribution in [0.4, 0.5) is 24.9 Å². The molecule has 0 aromatic carbocycles. The van der Waals surface area contributed by atoms with Gasteiger partial charge in [0.2, 0.25) is 5.95 Å². The summed E-state index contributed by atoms with van der Waals surface area (Å²) in [6.07, 6.45) is -0.334. The normalized spacial score (nSPS) is 20.5. The minimum absolute atomic E-state index is 0.256. The number of aromatic nitrogens is 2. The van der Waals surface area contributed by atoms with Crippen molar-refractivity contribution in [2.75, 3.05) is 30.9 Å². The molecule has 1 fully saturated rings. The fraction of sp³-hybridized carbons (Fsp3) is 0.688. The van der Waals surface area contributed by atoms with Crippen molar-refractivity contribution in [3.63, 3.8) is 0 Å². The van der Waals surface area contributed by atoms with Gasteiger partial charge in [-0.3, -0.25) is 0 Å². The molecule has 26 heavy (non-hydrogen) atoms. The van der Waals surface area contributed by atoms with Gasteiger partial charge in [0, 0.05) is 38.4 Å². The van der Waals surface area contributed by atoms with Crippen molar-refractivity contribution in [3.05, 3.63) is 11.8 Å². The standard InChI is InChI=1S/C16H24F3N5O2/c1-10-8-20-15(22-13(10)24(2)3)21-9-11-4-6-12(7-5-11)23-26-14(25)16(17,18)19/h8,11-12,23H,4-7,9H2,1-3H3,(H,20,21,22). The number of hydroxylamine groups is 1. The lowest BCUT2D eigenvalue weighted by molar-refractivity contribution is -0.209. The fourth-order valence-electron chi connectivity index (χ4n) is 2.89. The van der Waals surface area contributed by atoms with Gasteiger partial charge in [0.1, 0.15) is 5.82 Å². The summed E-state index contributed by atoms with van der Waals surface area (Å²) < 4.78 is 36.3. The molecule has 0 saturated heterocycles. The Bertz CT molecular complexity index is 616. The maximum atomic E-state index is 12.1. The third-order valence-corrected chi connectivity index (χ3v) is 4.31. The van der Waals surface area contributed by atoms with Crippen molar-refractivity contribution in [1.82, 2.24) is 15.4 Å². The first kappa shape index (κ1) is 20.2. The molecule has 1 saturated carbocycles. The first-order chi connectivity index (χ1) is 12.2. The number of halogens is 3. The summed E-state index contributed by atoms with van der Waals surface area (Å²) in [7, 11) is 3.83. The number of nitrogens with one attached hydrogen (secondary N) is 2. The Labute approximate surface area is 150 Å². The second-order valence-corrected chi connectivity index (χ2v) is 6.70. The maximum Gasteiger partial charge on any atom is 0.492 e. The average molecular weight is 375 g/mol. The smallest absolute Gasteiger partial charge is 0.363 e. The van der Waals surface area contributed by atoms with E-state index in [2.05, 4.69) is 25.6 Å². The van der Waals surface area contributed by atoms with Gasteiger partial charge in [-0.15, -0.1) is 5.48 Å². The number of hydrogen-bond donors (Lipinski definition) is 2. The Morgan fingerprint density at radius 1 is 1.31 bits per heavy atom. The van der Waals surface area contributed by atoms with Crippen molar-refractivity contribution in [1.29, 1.82) is 0 Å². The predicted molar refractivity (Wildman–Crippen MR) is 90.6 cm³/mol. The zero-order chi connectivity index (χ0) is 19.3. The van der Waals surface area contributed by atoms with E-state index in [0.29, 0.717) is 31.3 Å². The van der Waals surface area contributed by atoms with Gasteiger partial charge in [0.25, 0.3) is 0 Å². The van der Waals surface area contributed by atoms with Crippen LogP contribution in [0.3, 0.4) is 0 Å². The number of nitrogens with zero attached hydrogens (tertiary/aromatic N) is 3. The molecule has 0 amide bonds. The van der Waals surface area contributed by atoms with Crippen LogP contribution in [0.15, 0.2) is 6.20 Å². The van der Waals surface area contributed by atoms with Crippen molar-refractivity contribution in [2.24, 2.45) is 5.92 Å². The Morgan fingerprint density at radius 3 is 2.54 bits per heavy atom. The van der Waals surface area contributed by atoms with E-state index in [1.54, 1.807) is 6.20 Å². The molecule has 10 heteroatoms. The zero-order valence-corrected chi connectivity index (χ0v) is 15.1. The summed E-state index contributed by atoms with van der Waals surface area (Å²) >= 11 is 0. The van der Waals surface area contributed by atoms with Crippen LogP contribution >= 0.6 is 0 Å². The fourth-order valence-corrected chi connectivity index (χ4v) is 2.89. The molecular formula is C16H24F3N5O2. The highest BCUT2D eigenvalue weighted by molar-refractivity contribution is 5.75. The topological polar surface area (TPSA) is 79.4 Å². The van der Waals surface area contributed by atoms with E-state index >= 15 is 0 Å². The Kier molecular flexibility index (Phi) is 6.63. The minimum atomic E-state index is -4.98. The molecule has 7 nitrogen and oxygen atoms in total. The number of anilines is 2. The first-order valence-electron chi connectivity index (χ1n) is 8.45. The summed E-state index contributed by atoms with van der Waals surface area (Å²) in [5, 5.41) is 3.22. The van der Waals surface area contributed by atoms with Crippen LogP contribution in [0.25, 0.3) is 0 Å². The number of hydrogen-bond acceptors (Lipinski definition) is 7. The van der Waals surface area contributed by atoms with Crippen LogP contribution in [0.2, 0.25) is 0 Å². The summed E-state index contributed by atoms with van der Waals surface area (Å²) in [6, 6.07) is -0.256. The largest absolute Gasteiger partial charge is 0.492 e. The van der Waals surface area contributed by atoms with Gasteiger partial charge in [-0.1, -0.05) is 0 Å². The molecule has 1 aliphatic carbocycles. The molecule has 0 unspecified atom stereocenters. The Morgan fingerprint density at radius 2 is 1.96 bits per heavy atom. The molecule has 2 N–H and O–H groups in total. The van der Waals surface area contributed by atoms with Crippen molar-refractivity contribution in [2.45, 2.75) is 44.8 Å². The van der Waals surface area contributed by atoms with Crippen molar-refractivity contribution < 1.29 is 22.8 Å². The average Bonchev–Trinajstić information content (AvgIpc) is 2.58. The zero-order valence-electron chi connectivity index (χ0n) is 15.1. The highest BCUT2D eigenvalue weighted by atomic mass is 19.4. The van der Waals surface area contributed by atoms with E-state index in [9.17, 15) is 18.0 Å². The second-order valence-electron chi connectivity index (χ2n) is 6.70. The number of aryl methyl sites for hydroxylation is 1. The quantitative estimate of drug-likeness (QED) is 0.739. The van der Waals surface area contributed by atoms with Gasteiger partial charge in [-0.25, -0.2) is 9.78 Å². The highest BCUT2D eigenvalue weighted by Crippen LogP contribution is 2.25. The van der Waals surface area contributed by atoms with E-state index in [0.717, 1.165) is 24.2 Å². The van der Waals surface area contributed by atoms with Gasteiger partial charge < -0.3 is 15.1 Å². The van der Waals surface area contributed by atoms with Crippen LogP contribution in [0.1, 0.15) is 31.2 Å². The van der Waals surface area contributed by atoms with Gasteiger partial charge in [0.05, 0.1) is 0 Å². The summed E-state index contributed by atoms with van der Waals surface area (Å²) in [4.78, 5) is 25.5. The molecule has 1 aliphatic rings. The monoisotopic (exact) mass is 375 g/mol. The molecule has 0 radical (unpaired) electrons. The number of alkyl halides is 3. The third-order valence-electron chi connectivity index (χ3n) is 4.31. The summed E-state index contributed by atoms with van der Waals surface area (Å²) in [5.41, 5.74) is 3.21. The molecule has 0 aliphatic heterocycles. The van der Waals surface area contributed by atoms with Crippen LogP contribution in [0.5, 0.6) is 0 Å². The van der Waals surface area contributed by atoms with E-state index in [4.69, 9.17) is 0 Å².